The molecule has 1 rings (SSSR count). The van der Waals surface area contributed by atoms with Crippen LogP contribution in [0.15, 0.2) is 18.3 Å². The third-order valence-electron chi connectivity index (χ3n) is 1.93. The second-order valence-corrected chi connectivity index (χ2v) is 3.45. The summed E-state index contributed by atoms with van der Waals surface area (Å²) < 4.78 is 12.5. The van der Waals surface area contributed by atoms with Crippen molar-refractivity contribution in [1.29, 1.82) is 0 Å². The fourth-order valence-corrected chi connectivity index (χ4v) is 1.04. The van der Waals surface area contributed by atoms with Gasteiger partial charge in [-0.2, -0.15) is 0 Å². The van der Waals surface area contributed by atoms with Crippen LogP contribution in [0.4, 0.5) is 10.2 Å². The molecule has 0 saturated heterocycles. The first-order valence-corrected chi connectivity index (χ1v) is 4.73. The average Bonchev–Trinajstić information content (AvgIpc) is 2.21. The summed E-state index contributed by atoms with van der Waals surface area (Å²) in [6.07, 6.45) is 1.40. The quantitative estimate of drug-likeness (QED) is 0.784. The number of nitrogens with zero attached hydrogens (tertiary/aromatic N) is 1. The van der Waals surface area contributed by atoms with Crippen molar-refractivity contribution < 1.29 is 9.18 Å². The Morgan fingerprint density at radius 2 is 2.40 bits per heavy atom. The topological polar surface area (TPSA) is 68.0 Å². The molecule has 0 saturated carbocycles. The minimum absolute atomic E-state index is 0.130. The molecule has 4 nitrogen and oxygen atoms in total. The molecule has 0 aliphatic rings. The van der Waals surface area contributed by atoms with Gasteiger partial charge in [0.05, 0.1) is 6.20 Å². The molecule has 0 aliphatic carbocycles. The normalized spacial score (nSPS) is 12.2. The van der Waals surface area contributed by atoms with Crippen molar-refractivity contribution in [1.82, 2.24) is 4.98 Å². The van der Waals surface area contributed by atoms with Crippen molar-refractivity contribution in [3.63, 3.8) is 0 Å². The fraction of sp³-hybridized carbons (Fsp3) is 0.400. The number of pyridine rings is 1. The third kappa shape index (κ3) is 4.03. The van der Waals surface area contributed by atoms with Crippen molar-refractivity contribution in [3.8, 4) is 0 Å². The summed E-state index contributed by atoms with van der Waals surface area (Å²) in [5.41, 5.74) is 5.39. The van der Waals surface area contributed by atoms with Gasteiger partial charge in [0.2, 0.25) is 5.91 Å². The number of carbonyl (C=O) groups is 1. The smallest absolute Gasteiger partial charge is 0.225 e. The van der Waals surface area contributed by atoms with E-state index in [-0.39, 0.29) is 11.8 Å². The highest BCUT2D eigenvalue weighted by Gasteiger charge is 2.08. The third-order valence-corrected chi connectivity index (χ3v) is 1.93. The van der Waals surface area contributed by atoms with Gasteiger partial charge in [-0.15, -0.1) is 0 Å². The minimum atomic E-state index is -0.427. The Morgan fingerprint density at radius 3 is 2.93 bits per heavy atom. The lowest BCUT2D eigenvalue weighted by molar-refractivity contribution is -0.116. The largest absolute Gasteiger partial charge is 0.330 e. The number of nitrogens with one attached hydrogen (secondary N) is 1. The van der Waals surface area contributed by atoms with E-state index in [9.17, 15) is 9.18 Å². The van der Waals surface area contributed by atoms with Gasteiger partial charge >= 0.3 is 0 Å². The van der Waals surface area contributed by atoms with Gasteiger partial charge in [-0.05, 0) is 24.6 Å². The molecule has 1 amide bonds. The van der Waals surface area contributed by atoms with E-state index in [0.717, 1.165) is 6.20 Å². The van der Waals surface area contributed by atoms with Gasteiger partial charge in [0, 0.05) is 6.42 Å². The van der Waals surface area contributed by atoms with Gasteiger partial charge in [-0.1, -0.05) is 6.92 Å². The number of aromatic nitrogens is 1. The molecule has 1 heterocycles. The molecule has 15 heavy (non-hydrogen) atoms. The standard InChI is InChI=1S/C10H14FN3O/c1-7(5-12)4-10(15)14-9-3-2-8(11)6-13-9/h2-3,6-7H,4-5,12H2,1H3,(H,13,14,15). The first-order chi connectivity index (χ1) is 7.11. The van der Waals surface area contributed by atoms with E-state index in [1.165, 1.54) is 12.1 Å². The number of hydrogen-bond donors (Lipinski definition) is 2. The van der Waals surface area contributed by atoms with Crippen molar-refractivity contribution in [2.24, 2.45) is 11.7 Å². The molecule has 0 fully saturated rings. The van der Waals surface area contributed by atoms with E-state index in [4.69, 9.17) is 5.73 Å². The summed E-state index contributed by atoms with van der Waals surface area (Å²) in [4.78, 5) is 15.1. The number of amides is 1. The lowest BCUT2D eigenvalue weighted by Gasteiger charge is -2.08. The molecule has 1 aromatic heterocycles. The van der Waals surface area contributed by atoms with Crippen LogP contribution in [-0.4, -0.2) is 17.4 Å². The molecule has 0 spiro atoms. The van der Waals surface area contributed by atoms with E-state index >= 15 is 0 Å². The van der Waals surface area contributed by atoms with Crippen molar-refractivity contribution >= 4 is 11.7 Å². The van der Waals surface area contributed by atoms with Crippen LogP contribution in [0.1, 0.15) is 13.3 Å². The van der Waals surface area contributed by atoms with Crippen LogP contribution in [0.2, 0.25) is 0 Å². The predicted octanol–water partition coefficient (Wildman–Crippen LogP) is 1.14. The molecule has 1 unspecified atom stereocenters. The fourth-order valence-electron chi connectivity index (χ4n) is 1.04. The Kier molecular flexibility index (Phi) is 4.17. The predicted molar refractivity (Wildman–Crippen MR) is 55.7 cm³/mol. The van der Waals surface area contributed by atoms with Gasteiger partial charge in [-0.3, -0.25) is 4.79 Å². The second-order valence-electron chi connectivity index (χ2n) is 3.45. The van der Waals surface area contributed by atoms with E-state index in [0.29, 0.717) is 18.8 Å². The first kappa shape index (κ1) is 11.6. The molecule has 3 N–H and O–H groups in total. The molecule has 0 aromatic carbocycles. The van der Waals surface area contributed by atoms with Crippen molar-refractivity contribution in [3.05, 3.63) is 24.1 Å². The van der Waals surface area contributed by atoms with Crippen LogP contribution in [0, 0.1) is 11.7 Å². The van der Waals surface area contributed by atoms with E-state index < -0.39 is 5.82 Å². The first-order valence-electron chi connectivity index (χ1n) is 4.73. The van der Waals surface area contributed by atoms with E-state index in [1.807, 2.05) is 6.92 Å². The maximum Gasteiger partial charge on any atom is 0.225 e. The van der Waals surface area contributed by atoms with Crippen LogP contribution >= 0.6 is 0 Å². The maximum absolute atomic E-state index is 12.5. The summed E-state index contributed by atoms with van der Waals surface area (Å²) in [6, 6.07) is 2.66. The number of anilines is 1. The van der Waals surface area contributed by atoms with Gasteiger partial charge < -0.3 is 11.1 Å². The second kappa shape index (κ2) is 5.41. The summed E-state index contributed by atoms with van der Waals surface area (Å²) in [5.74, 6) is -0.105. The SMILES string of the molecule is CC(CN)CC(=O)Nc1ccc(F)cn1. The molecule has 1 aromatic rings. The van der Waals surface area contributed by atoms with Gasteiger partial charge in [-0.25, -0.2) is 9.37 Å². The maximum atomic E-state index is 12.5. The Hall–Kier alpha value is -1.49. The molecule has 1 atom stereocenters. The summed E-state index contributed by atoms with van der Waals surface area (Å²) in [6.45, 7) is 2.35. The summed E-state index contributed by atoms with van der Waals surface area (Å²) in [7, 11) is 0. The zero-order valence-corrected chi connectivity index (χ0v) is 8.53. The number of nitrogens with two attached hydrogens (primary N) is 1. The molecule has 82 valence electrons. The van der Waals surface area contributed by atoms with Crippen LogP contribution in [0.3, 0.4) is 0 Å². The highest BCUT2D eigenvalue weighted by atomic mass is 19.1. The highest BCUT2D eigenvalue weighted by Crippen LogP contribution is 2.06. The molecule has 0 aliphatic heterocycles. The van der Waals surface area contributed by atoms with Crippen molar-refractivity contribution in [2.45, 2.75) is 13.3 Å². The molecule has 0 radical (unpaired) electrons. The zero-order chi connectivity index (χ0) is 11.3. The molecular formula is C10H14FN3O. The van der Waals surface area contributed by atoms with Crippen LogP contribution in [-0.2, 0) is 4.79 Å². The monoisotopic (exact) mass is 211 g/mol. The van der Waals surface area contributed by atoms with Crippen LogP contribution in [0.5, 0.6) is 0 Å². The zero-order valence-electron chi connectivity index (χ0n) is 8.53. The average molecular weight is 211 g/mol. The van der Waals surface area contributed by atoms with Gasteiger partial charge in [0.15, 0.2) is 0 Å². The van der Waals surface area contributed by atoms with Gasteiger partial charge in [0.25, 0.3) is 0 Å². The Bertz CT molecular complexity index is 326. The highest BCUT2D eigenvalue weighted by molar-refractivity contribution is 5.89. The number of hydrogen-bond acceptors (Lipinski definition) is 3. The molecular weight excluding hydrogens is 197 g/mol. The van der Waals surface area contributed by atoms with E-state index in [2.05, 4.69) is 10.3 Å². The molecule has 0 bridgehead atoms. The molecule has 5 heteroatoms. The van der Waals surface area contributed by atoms with Crippen molar-refractivity contribution in [2.75, 3.05) is 11.9 Å². The Morgan fingerprint density at radius 1 is 1.67 bits per heavy atom. The Labute approximate surface area is 87.7 Å². The van der Waals surface area contributed by atoms with Crippen LogP contribution < -0.4 is 11.1 Å². The lowest BCUT2D eigenvalue weighted by atomic mass is 10.1. The van der Waals surface area contributed by atoms with E-state index in [1.54, 1.807) is 0 Å². The lowest BCUT2D eigenvalue weighted by Crippen LogP contribution is -2.20. The number of carbonyl (C=O) groups excluding carboxylic acids is 1. The van der Waals surface area contributed by atoms with Crippen LogP contribution in [0.25, 0.3) is 0 Å². The van der Waals surface area contributed by atoms with Gasteiger partial charge in [0.1, 0.15) is 11.6 Å². The number of rotatable bonds is 4. The number of halogens is 1. The summed E-state index contributed by atoms with van der Waals surface area (Å²) in [5, 5.41) is 2.56. The minimum Gasteiger partial charge on any atom is -0.330 e. The Balaban J connectivity index is 2.48. The summed E-state index contributed by atoms with van der Waals surface area (Å²) >= 11 is 0.